The van der Waals surface area contributed by atoms with Gasteiger partial charge in [-0.1, -0.05) is 0 Å². The molecule has 0 aromatic rings. The number of aliphatic hydroxyl groups is 2. The number of hydrogen-bond acceptors (Lipinski definition) is 4. The predicted octanol–water partition coefficient (Wildman–Crippen LogP) is -1.00. The molecule has 6 N–H and O–H groups in total. The molecule has 0 heterocycles. The van der Waals surface area contributed by atoms with Gasteiger partial charge in [-0.05, 0) is 20.8 Å². The van der Waals surface area contributed by atoms with Crippen LogP contribution < -0.4 is 11.5 Å². The van der Waals surface area contributed by atoms with Crippen LogP contribution in [0.25, 0.3) is 0 Å². The minimum atomic E-state index is -0.667. The molecular formula is C6H18N2O2. The summed E-state index contributed by atoms with van der Waals surface area (Å²) in [5.41, 5.74) is 9.55. The van der Waals surface area contributed by atoms with Crippen molar-refractivity contribution >= 4 is 0 Å². The number of rotatable bonds is 1. The summed E-state index contributed by atoms with van der Waals surface area (Å²) in [6.07, 6.45) is -0.667. The Balaban J connectivity index is 0. The standard InChI is InChI=1S/C4H11NO.C2H7NO/c1-4(2,5)3-6;1-2(3)4/h6H,3,5H2,1-2H3;2,4H,3H2,1H3. The zero-order chi connectivity index (χ0) is 8.78. The van der Waals surface area contributed by atoms with Gasteiger partial charge in [0, 0.05) is 5.54 Å². The second-order valence-electron chi connectivity index (χ2n) is 2.89. The van der Waals surface area contributed by atoms with Crippen molar-refractivity contribution in [1.82, 2.24) is 0 Å². The summed E-state index contributed by atoms with van der Waals surface area (Å²) in [5.74, 6) is 0. The van der Waals surface area contributed by atoms with E-state index in [1.165, 1.54) is 6.92 Å². The molecule has 0 aliphatic heterocycles. The van der Waals surface area contributed by atoms with Crippen molar-refractivity contribution in [2.24, 2.45) is 11.5 Å². The van der Waals surface area contributed by atoms with Gasteiger partial charge in [0.1, 0.15) is 0 Å². The molecule has 0 saturated heterocycles. The third kappa shape index (κ3) is 45.5. The van der Waals surface area contributed by atoms with E-state index in [0.29, 0.717) is 0 Å². The van der Waals surface area contributed by atoms with E-state index >= 15 is 0 Å². The Labute approximate surface area is 61.8 Å². The molecule has 10 heavy (non-hydrogen) atoms. The fourth-order valence-corrected chi connectivity index (χ4v) is 0. The molecule has 64 valence electrons. The summed E-state index contributed by atoms with van der Waals surface area (Å²) in [6, 6.07) is 0. The Bertz CT molecular complexity index is 65.9. The van der Waals surface area contributed by atoms with Crippen LogP contribution in [0, 0.1) is 0 Å². The van der Waals surface area contributed by atoms with Crippen LogP contribution in [0.4, 0.5) is 0 Å². The van der Waals surface area contributed by atoms with E-state index < -0.39 is 11.8 Å². The van der Waals surface area contributed by atoms with Gasteiger partial charge in [0.15, 0.2) is 0 Å². The second-order valence-corrected chi connectivity index (χ2v) is 2.89. The zero-order valence-electron chi connectivity index (χ0n) is 6.83. The van der Waals surface area contributed by atoms with Crippen LogP contribution in [0.5, 0.6) is 0 Å². The van der Waals surface area contributed by atoms with Crippen LogP contribution >= 0.6 is 0 Å². The lowest BCUT2D eigenvalue weighted by molar-refractivity contribution is 0.203. The molecule has 4 nitrogen and oxygen atoms in total. The second kappa shape index (κ2) is 5.61. The third-order valence-corrected chi connectivity index (χ3v) is 0.408. The van der Waals surface area contributed by atoms with Crippen LogP contribution in [0.1, 0.15) is 20.8 Å². The van der Waals surface area contributed by atoms with E-state index in [-0.39, 0.29) is 6.61 Å². The molecule has 0 fully saturated rings. The molecular weight excluding hydrogens is 132 g/mol. The lowest BCUT2D eigenvalue weighted by atomic mass is 10.1. The molecule has 0 spiro atoms. The maximum atomic E-state index is 8.28. The zero-order valence-corrected chi connectivity index (χ0v) is 6.83. The van der Waals surface area contributed by atoms with E-state index in [9.17, 15) is 0 Å². The molecule has 0 saturated carbocycles. The fraction of sp³-hybridized carbons (Fsp3) is 1.00. The summed E-state index contributed by atoms with van der Waals surface area (Å²) < 4.78 is 0. The third-order valence-electron chi connectivity index (χ3n) is 0.408. The van der Waals surface area contributed by atoms with Crippen LogP contribution in [0.15, 0.2) is 0 Å². The van der Waals surface area contributed by atoms with Gasteiger partial charge in [0.25, 0.3) is 0 Å². The van der Waals surface area contributed by atoms with Gasteiger partial charge in [-0.2, -0.15) is 0 Å². The van der Waals surface area contributed by atoms with Crippen molar-refractivity contribution in [1.29, 1.82) is 0 Å². The van der Waals surface area contributed by atoms with Crippen molar-refractivity contribution in [3.63, 3.8) is 0 Å². The van der Waals surface area contributed by atoms with Gasteiger partial charge in [0.2, 0.25) is 0 Å². The van der Waals surface area contributed by atoms with Crippen molar-refractivity contribution in [2.45, 2.75) is 32.5 Å². The molecule has 1 atom stereocenters. The Morgan fingerprint density at radius 1 is 1.50 bits per heavy atom. The van der Waals surface area contributed by atoms with Crippen LogP contribution in [-0.4, -0.2) is 28.6 Å². The minimum Gasteiger partial charge on any atom is -0.394 e. The summed E-state index contributed by atoms with van der Waals surface area (Å²) >= 11 is 0. The molecule has 0 aliphatic carbocycles. The Hall–Kier alpha value is -0.160. The smallest absolute Gasteiger partial charge is 0.0991 e. The lowest BCUT2D eigenvalue weighted by Crippen LogP contribution is -2.35. The first-order valence-corrected chi connectivity index (χ1v) is 3.13. The van der Waals surface area contributed by atoms with Gasteiger partial charge in [-0.3, -0.25) is 0 Å². The van der Waals surface area contributed by atoms with Crippen LogP contribution in [0.2, 0.25) is 0 Å². The summed E-state index contributed by atoms with van der Waals surface area (Å²) in [7, 11) is 0. The Kier molecular flexibility index (Phi) is 7.02. The number of nitrogens with two attached hydrogens (primary N) is 2. The largest absolute Gasteiger partial charge is 0.394 e. The maximum absolute atomic E-state index is 8.28. The van der Waals surface area contributed by atoms with Crippen molar-refractivity contribution < 1.29 is 10.2 Å². The quantitative estimate of drug-likeness (QED) is 0.361. The Morgan fingerprint density at radius 3 is 1.60 bits per heavy atom. The fourth-order valence-electron chi connectivity index (χ4n) is 0. The maximum Gasteiger partial charge on any atom is 0.0991 e. The molecule has 0 rings (SSSR count). The van der Waals surface area contributed by atoms with E-state index in [1.807, 2.05) is 0 Å². The SMILES string of the molecule is CC(C)(N)CO.CC(N)O. The van der Waals surface area contributed by atoms with E-state index in [0.717, 1.165) is 0 Å². The summed E-state index contributed by atoms with van der Waals surface area (Å²) in [5, 5.41) is 16.1. The topological polar surface area (TPSA) is 92.5 Å². The lowest BCUT2D eigenvalue weighted by Gasteiger charge is -2.12. The van der Waals surface area contributed by atoms with Crippen molar-refractivity contribution in [3.8, 4) is 0 Å². The van der Waals surface area contributed by atoms with E-state index in [4.69, 9.17) is 15.9 Å². The molecule has 0 amide bonds. The minimum absolute atomic E-state index is 0.0486. The van der Waals surface area contributed by atoms with E-state index in [1.54, 1.807) is 13.8 Å². The van der Waals surface area contributed by atoms with Gasteiger partial charge < -0.3 is 21.7 Å². The average Bonchev–Trinajstić information content (AvgIpc) is 1.63. The highest BCUT2D eigenvalue weighted by atomic mass is 16.3. The first kappa shape index (κ1) is 12.5. The summed E-state index contributed by atoms with van der Waals surface area (Å²) in [6.45, 7) is 5.09. The van der Waals surface area contributed by atoms with Gasteiger partial charge >= 0.3 is 0 Å². The number of hydrogen-bond donors (Lipinski definition) is 4. The van der Waals surface area contributed by atoms with Crippen molar-refractivity contribution in [3.05, 3.63) is 0 Å². The average molecular weight is 150 g/mol. The summed E-state index contributed by atoms with van der Waals surface area (Å²) in [4.78, 5) is 0. The van der Waals surface area contributed by atoms with Gasteiger partial charge in [-0.25, -0.2) is 0 Å². The highest BCUT2D eigenvalue weighted by Gasteiger charge is 2.05. The first-order valence-electron chi connectivity index (χ1n) is 3.13. The molecule has 0 radical (unpaired) electrons. The molecule has 0 aromatic heterocycles. The van der Waals surface area contributed by atoms with Crippen LogP contribution in [-0.2, 0) is 0 Å². The normalized spacial score (nSPS) is 13.5. The first-order chi connectivity index (χ1) is 4.29. The molecule has 0 aromatic carbocycles. The molecule has 0 bridgehead atoms. The molecule has 1 unspecified atom stereocenters. The molecule has 4 heteroatoms. The Morgan fingerprint density at radius 2 is 1.60 bits per heavy atom. The molecule has 0 aliphatic rings. The van der Waals surface area contributed by atoms with E-state index in [2.05, 4.69) is 5.73 Å². The van der Waals surface area contributed by atoms with Crippen molar-refractivity contribution in [2.75, 3.05) is 6.61 Å². The highest BCUT2D eigenvalue weighted by Crippen LogP contribution is 1.89. The predicted molar refractivity (Wildman–Crippen MR) is 41.2 cm³/mol. The number of aliphatic hydroxyl groups excluding tert-OH is 2. The van der Waals surface area contributed by atoms with Gasteiger partial charge in [-0.15, -0.1) is 0 Å². The highest BCUT2D eigenvalue weighted by molar-refractivity contribution is 4.67. The van der Waals surface area contributed by atoms with Crippen LogP contribution in [0.3, 0.4) is 0 Å². The monoisotopic (exact) mass is 150 g/mol. The van der Waals surface area contributed by atoms with Gasteiger partial charge in [0.05, 0.1) is 12.8 Å².